The molecule has 4 rings (SSSR count). The number of amides is 1. The minimum atomic E-state index is 0. The summed E-state index contributed by atoms with van der Waals surface area (Å²) in [4.78, 5) is 15.0. The average Bonchev–Trinajstić information content (AvgIpc) is 3.14. The monoisotopic (exact) mass is 413 g/mol. The molecule has 1 aromatic carbocycles. The van der Waals surface area contributed by atoms with Crippen LogP contribution in [0.25, 0.3) is 0 Å². The Bertz CT molecular complexity index is 592. The number of halogens is 2. The maximum atomic E-state index is 12.5. The second-order valence-electron chi connectivity index (χ2n) is 8.31. The maximum Gasteiger partial charge on any atom is 0.223 e. The van der Waals surface area contributed by atoms with Crippen molar-refractivity contribution in [1.82, 2.24) is 15.5 Å². The molecule has 1 aromatic rings. The van der Waals surface area contributed by atoms with Gasteiger partial charge in [0.15, 0.2) is 0 Å². The standard InChI is InChI=1S/C21H31N3O.2ClH/c25-20(19-14-21(19)8-10-22-11-9-21)23-15-18-7-13-24(16-18)12-6-17-4-2-1-3-5-17;;/h1-5,18-19,22H,6-16H2,(H,23,25);2*1H. The summed E-state index contributed by atoms with van der Waals surface area (Å²) < 4.78 is 0. The summed E-state index contributed by atoms with van der Waals surface area (Å²) in [6.07, 6.45) is 5.82. The van der Waals surface area contributed by atoms with Gasteiger partial charge >= 0.3 is 0 Å². The summed E-state index contributed by atoms with van der Waals surface area (Å²) in [5.74, 6) is 1.25. The number of nitrogens with one attached hydrogen (secondary N) is 2. The normalized spacial score (nSPS) is 26.1. The van der Waals surface area contributed by atoms with E-state index in [-0.39, 0.29) is 24.8 Å². The van der Waals surface area contributed by atoms with E-state index < -0.39 is 0 Å². The van der Waals surface area contributed by atoms with Crippen molar-refractivity contribution in [1.29, 1.82) is 0 Å². The van der Waals surface area contributed by atoms with E-state index in [2.05, 4.69) is 45.9 Å². The van der Waals surface area contributed by atoms with Crippen LogP contribution in [0.2, 0.25) is 0 Å². The van der Waals surface area contributed by atoms with Crippen LogP contribution in [-0.4, -0.2) is 50.1 Å². The third kappa shape index (κ3) is 5.60. The lowest BCUT2D eigenvalue weighted by Crippen LogP contribution is -2.36. The first-order chi connectivity index (χ1) is 12.3. The Morgan fingerprint density at radius 2 is 1.93 bits per heavy atom. The van der Waals surface area contributed by atoms with Crippen molar-refractivity contribution in [2.75, 3.05) is 39.3 Å². The number of likely N-dealkylation sites (tertiary alicyclic amines) is 1. The quantitative estimate of drug-likeness (QED) is 0.753. The van der Waals surface area contributed by atoms with Crippen molar-refractivity contribution >= 4 is 30.7 Å². The molecular formula is C21H33Cl2N3O. The molecule has 4 nitrogen and oxygen atoms in total. The Balaban J connectivity index is 0.00000131. The summed E-state index contributed by atoms with van der Waals surface area (Å²) in [6.45, 7) is 6.48. The summed E-state index contributed by atoms with van der Waals surface area (Å²) >= 11 is 0. The second-order valence-corrected chi connectivity index (χ2v) is 8.31. The lowest BCUT2D eigenvalue weighted by atomic mass is 9.91. The fraction of sp³-hybridized carbons (Fsp3) is 0.667. The number of piperidine rings is 1. The molecule has 2 unspecified atom stereocenters. The highest BCUT2D eigenvalue weighted by molar-refractivity contribution is 5.85. The lowest BCUT2D eigenvalue weighted by Gasteiger charge is -2.23. The molecule has 2 aliphatic heterocycles. The van der Waals surface area contributed by atoms with Crippen LogP contribution < -0.4 is 10.6 Å². The molecule has 0 bridgehead atoms. The first-order valence-corrected chi connectivity index (χ1v) is 10.00. The molecule has 2 saturated heterocycles. The van der Waals surface area contributed by atoms with Crippen LogP contribution in [0.1, 0.15) is 31.2 Å². The smallest absolute Gasteiger partial charge is 0.223 e. The number of carbonyl (C=O) groups is 1. The first-order valence-electron chi connectivity index (χ1n) is 10.00. The number of nitrogens with zero attached hydrogens (tertiary/aromatic N) is 1. The van der Waals surface area contributed by atoms with Crippen LogP contribution >= 0.6 is 24.8 Å². The van der Waals surface area contributed by atoms with E-state index in [9.17, 15) is 4.79 Å². The van der Waals surface area contributed by atoms with Crippen LogP contribution in [-0.2, 0) is 11.2 Å². The zero-order chi connectivity index (χ0) is 17.1. The van der Waals surface area contributed by atoms with Gasteiger partial charge < -0.3 is 15.5 Å². The molecular weight excluding hydrogens is 381 g/mol. The van der Waals surface area contributed by atoms with Gasteiger partial charge in [-0.05, 0) is 68.6 Å². The van der Waals surface area contributed by atoms with Crippen LogP contribution in [0.3, 0.4) is 0 Å². The van der Waals surface area contributed by atoms with Crippen molar-refractivity contribution in [2.45, 2.75) is 32.1 Å². The minimum Gasteiger partial charge on any atom is -0.356 e. The topological polar surface area (TPSA) is 44.4 Å². The molecule has 27 heavy (non-hydrogen) atoms. The highest BCUT2D eigenvalue weighted by Gasteiger charge is 2.57. The Morgan fingerprint density at radius 3 is 2.67 bits per heavy atom. The molecule has 6 heteroatoms. The van der Waals surface area contributed by atoms with Crippen LogP contribution in [0.4, 0.5) is 0 Å². The van der Waals surface area contributed by atoms with Crippen LogP contribution in [0.15, 0.2) is 30.3 Å². The summed E-state index contributed by atoms with van der Waals surface area (Å²) in [5.41, 5.74) is 1.77. The number of benzene rings is 1. The predicted molar refractivity (Wildman–Crippen MR) is 115 cm³/mol. The van der Waals surface area contributed by atoms with Gasteiger partial charge in [0.05, 0.1) is 0 Å². The van der Waals surface area contributed by atoms with E-state index >= 15 is 0 Å². The molecule has 1 saturated carbocycles. The van der Waals surface area contributed by atoms with Gasteiger partial charge in [-0.1, -0.05) is 30.3 Å². The number of carbonyl (C=O) groups excluding carboxylic acids is 1. The SMILES string of the molecule is Cl.Cl.O=C(NCC1CCN(CCc2ccccc2)C1)C1CC12CCNCC2. The number of rotatable bonds is 6. The summed E-state index contributed by atoms with van der Waals surface area (Å²) in [5, 5.41) is 6.67. The zero-order valence-electron chi connectivity index (χ0n) is 16.0. The molecule has 1 spiro atoms. The molecule has 3 fully saturated rings. The summed E-state index contributed by atoms with van der Waals surface area (Å²) in [7, 11) is 0. The molecule has 152 valence electrons. The van der Waals surface area contributed by atoms with E-state index in [1.807, 2.05) is 0 Å². The molecule has 2 N–H and O–H groups in total. The fourth-order valence-electron chi connectivity index (χ4n) is 4.78. The van der Waals surface area contributed by atoms with E-state index in [1.165, 1.54) is 31.4 Å². The number of hydrogen-bond acceptors (Lipinski definition) is 3. The van der Waals surface area contributed by atoms with Crippen molar-refractivity contribution in [3.8, 4) is 0 Å². The third-order valence-electron chi connectivity index (χ3n) is 6.60. The van der Waals surface area contributed by atoms with Crippen molar-refractivity contribution < 1.29 is 4.79 Å². The van der Waals surface area contributed by atoms with Gasteiger partial charge in [-0.3, -0.25) is 4.79 Å². The molecule has 2 heterocycles. The highest BCUT2D eigenvalue weighted by atomic mass is 35.5. The van der Waals surface area contributed by atoms with Gasteiger partial charge in [0.25, 0.3) is 0 Å². The molecule has 1 aliphatic carbocycles. The Kier molecular flexibility index (Phi) is 8.41. The van der Waals surface area contributed by atoms with Crippen LogP contribution in [0.5, 0.6) is 0 Å². The van der Waals surface area contributed by atoms with Gasteiger partial charge in [-0.25, -0.2) is 0 Å². The molecule has 0 radical (unpaired) electrons. The molecule has 0 aromatic heterocycles. The average molecular weight is 414 g/mol. The molecule has 3 aliphatic rings. The van der Waals surface area contributed by atoms with Crippen molar-refractivity contribution in [3.63, 3.8) is 0 Å². The highest BCUT2D eigenvalue weighted by Crippen LogP contribution is 2.58. The maximum absolute atomic E-state index is 12.5. The zero-order valence-corrected chi connectivity index (χ0v) is 17.6. The summed E-state index contributed by atoms with van der Waals surface area (Å²) in [6, 6.07) is 10.7. The first kappa shape index (κ1) is 22.5. The molecule has 2 atom stereocenters. The molecule has 1 amide bonds. The van der Waals surface area contributed by atoms with Crippen LogP contribution in [0, 0.1) is 17.3 Å². The van der Waals surface area contributed by atoms with E-state index in [4.69, 9.17) is 0 Å². The van der Waals surface area contributed by atoms with Gasteiger partial charge in [0.1, 0.15) is 0 Å². The minimum absolute atomic E-state index is 0. The van der Waals surface area contributed by atoms with E-state index in [1.54, 1.807) is 0 Å². The third-order valence-corrected chi connectivity index (χ3v) is 6.60. The Labute approximate surface area is 175 Å². The second kappa shape index (κ2) is 10.1. The Hall–Kier alpha value is -0.810. The van der Waals surface area contributed by atoms with Gasteiger partial charge in [-0.15, -0.1) is 24.8 Å². The largest absolute Gasteiger partial charge is 0.356 e. The Morgan fingerprint density at radius 1 is 1.19 bits per heavy atom. The van der Waals surface area contributed by atoms with Crippen molar-refractivity contribution in [2.24, 2.45) is 17.3 Å². The fourth-order valence-corrected chi connectivity index (χ4v) is 4.78. The van der Waals surface area contributed by atoms with Gasteiger partial charge in [0, 0.05) is 25.6 Å². The number of hydrogen-bond donors (Lipinski definition) is 2. The van der Waals surface area contributed by atoms with Crippen molar-refractivity contribution in [3.05, 3.63) is 35.9 Å². The van der Waals surface area contributed by atoms with E-state index in [0.29, 0.717) is 23.2 Å². The van der Waals surface area contributed by atoms with Gasteiger partial charge in [-0.2, -0.15) is 0 Å². The van der Waals surface area contributed by atoms with E-state index in [0.717, 1.165) is 45.6 Å². The predicted octanol–water partition coefficient (Wildman–Crippen LogP) is 2.90. The lowest BCUT2D eigenvalue weighted by molar-refractivity contribution is -0.123. The van der Waals surface area contributed by atoms with Gasteiger partial charge in [0.2, 0.25) is 5.91 Å².